The Balaban J connectivity index is 2.13. The fraction of sp³-hybridized carbons (Fsp3) is 0.333. The van der Waals surface area contributed by atoms with E-state index >= 15 is 0 Å². The van der Waals surface area contributed by atoms with Crippen LogP contribution in [0.25, 0.3) is 11.1 Å². The lowest BCUT2D eigenvalue weighted by atomic mass is 10.0. The van der Waals surface area contributed by atoms with Gasteiger partial charge in [-0.2, -0.15) is 0 Å². The molecule has 1 atom stereocenters. The van der Waals surface area contributed by atoms with Crippen LogP contribution in [0.5, 0.6) is 0 Å². The summed E-state index contributed by atoms with van der Waals surface area (Å²) in [5.74, 6) is 0. The number of carbonyl (C=O) groups excluding carboxylic acids is 1. The first-order chi connectivity index (χ1) is 11.3. The van der Waals surface area contributed by atoms with Crippen LogP contribution in [0.4, 0.5) is 4.79 Å². The second-order valence-corrected chi connectivity index (χ2v) is 6.70. The van der Waals surface area contributed by atoms with Crippen molar-refractivity contribution in [1.82, 2.24) is 10.3 Å². The lowest BCUT2D eigenvalue weighted by Crippen LogP contribution is -2.36. The van der Waals surface area contributed by atoms with E-state index in [2.05, 4.69) is 10.3 Å². The molecule has 1 aromatic carbocycles. The average molecular weight is 349 g/mol. The predicted molar refractivity (Wildman–Crippen MR) is 93.9 cm³/mol. The number of benzene rings is 1. The second-order valence-electron chi connectivity index (χ2n) is 6.35. The van der Waals surface area contributed by atoms with Gasteiger partial charge in [-0.15, -0.1) is 0 Å². The monoisotopic (exact) mass is 348 g/mol. The lowest BCUT2D eigenvalue weighted by molar-refractivity contribution is 0.0482. The molecule has 0 aliphatic carbocycles. The van der Waals surface area contributed by atoms with E-state index in [1.807, 2.05) is 36.4 Å². The van der Waals surface area contributed by atoms with E-state index in [1.165, 1.54) is 0 Å². The highest BCUT2D eigenvalue weighted by Crippen LogP contribution is 2.27. The van der Waals surface area contributed by atoms with Crippen LogP contribution in [0.1, 0.15) is 32.4 Å². The third kappa shape index (κ3) is 4.94. The highest BCUT2D eigenvalue weighted by molar-refractivity contribution is 6.32. The summed E-state index contributed by atoms with van der Waals surface area (Å²) in [5.41, 5.74) is 1.91. The van der Waals surface area contributed by atoms with Gasteiger partial charge in [0, 0.05) is 11.8 Å². The normalized spacial score (nSPS) is 12.5. The summed E-state index contributed by atoms with van der Waals surface area (Å²) in [5, 5.41) is 12.6. The fourth-order valence-corrected chi connectivity index (χ4v) is 2.41. The Bertz CT molecular complexity index is 696. The molecule has 0 aliphatic heterocycles. The molecule has 0 bridgehead atoms. The Morgan fingerprint density at radius 3 is 2.50 bits per heavy atom. The van der Waals surface area contributed by atoms with Crippen molar-refractivity contribution in [2.75, 3.05) is 6.61 Å². The van der Waals surface area contributed by atoms with Crippen molar-refractivity contribution in [3.05, 3.63) is 53.3 Å². The third-order valence-corrected chi connectivity index (χ3v) is 3.56. The minimum absolute atomic E-state index is 0.230. The number of pyridine rings is 1. The molecule has 0 saturated heterocycles. The second kappa shape index (κ2) is 7.64. The summed E-state index contributed by atoms with van der Waals surface area (Å²) in [6.45, 7) is 5.12. The van der Waals surface area contributed by atoms with E-state index in [0.717, 1.165) is 16.7 Å². The van der Waals surface area contributed by atoms with Crippen LogP contribution >= 0.6 is 11.6 Å². The maximum absolute atomic E-state index is 11.9. The minimum Gasteiger partial charge on any atom is -0.444 e. The first-order valence-corrected chi connectivity index (χ1v) is 7.99. The number of aliphatic hydroxyl groups excluding tert-OH is 1. The van der Waals surface area contributed by atoms with E-state index in [9.17, 15) is 9.90 Å². The highest BCUT2D eigenvalue weighted by atomic mass is 35.5. The number of nitrogens with one attached hydrogen (secondary N) is 1. The van der Waals surface area contributed by atoms with Crippen LogP contribution < -0.4 is 5.32 Å². The number of alkyl carbamates (subject to hydrolysis) is 1. The average Bonchev–Trinajstić information content (AvgIpc) is 2.52. The number of halogens is 1. The zero-order chi connectivity index (χ0) is 17.7. The molecule has 0 aliphatic rings. The summed E-state index contributed by atoms with van der Waals surface area (Å²) in [4.78, 5) is 15.9. The maximum Gasteiger partial charge on any atom is 0.408 e. The first kappa shape index (κ1) is 18.2. The summed E-state index contributed by atoms with van der Waals surface area (Å²) in [7, 11) is 0. The molecule has 0 saturated carbocycles. The molecular weight excluding hydrogens is 328 g/mol. The maximum atomic E-state index is 11.9. The third-order valence-electron chi connectivity index (χ3n) is 3.26. The molecule has 24 heavy (non-hydrogen) atoms. The molecule has 2 N–H and O–H groups in total. The van der Waals surface area contributed by atoms with Crippen molar-refractivity contribution in [1.29, 1.82) is 0 Å². The molecule has 5 nitrogen and oxygen atoms in total. The number of nitrogens with zero attached hydrogens (tertiary/aromatic N) is 1. The van der Waals surface area contributed by atoms with Gasteiger partial charge in [-0.1, -0.05) is 35.9 Å². The number of ether oxygens (including phenoxy) is 1. The molecule has 1 aromatic heterocycles. The standard InChI is InChI=1S/C18H21ClN2O3/c1-18(2,3)24-17(23)21-15(11-22)13-8-6-12(7-9-13)14-5-4-10-20-16(14)19/h4-10,15,22H,11H2,1-3H3,(H,21,23)/t15-/m0/s1. The highest BCUT2D eigenvalue weighted by Gasteiger charge is 2.20. The number of aromatic nitrogens is 1. The Labute approximate surface area is 146 Å². The van der Waals surface area contributed by atoms with Crippen LogP contribution in [0.3, 0.4) is 0 Å². The summed E-state index contributed by atoms with van der Waals surface area (Å²) in [6, 6.07) is 10.6. The molecule has 0 radical (unpaired) electrons. The van der Waals surface area contributed by atoms with Gasteiger partial charge in [0.25, 0.3) is 0 Å². The predicted octanol–water partition coefficient (Wildman–Crippen LogP) is 3.96. The number of rotatable bonds is 4. The molecule has 1 heterocycles. The quantitative estimate of drug-likeness (QED) is 0.820. The van der Waals surface area contributed by atoms with Crippen LogP contribution in [-0.2, 0) is 4.74 Å². The van der Waals surface area contributed by atoms with Gasteiger partial charge in [0.2, 0.25) is 0 Å². The van der Waals surface area contributed by atoms with E-state index in [4.69, 9.17) is 16.3 Å². The number of aliphatic hydroxyl groups is 1. The van der Waals surface area contributed by atoms with Crippen molar-refractivity contribution in [2.45, 2.75) is 32.4 Å². The number of hydrogen-bond acceptors (Lipinski definition) is 4. The van der Waals surface area contributed by atoms with E-state index in [-0.39, 0.29) is 6.61 Å². The van der Waals surface area contributed by atoms with Crippen molar-refractivity contribution in [2.24, 2.45) is 0 Å². The van der Waals surface area contributed by atoms with Crippen LogP contribution in [0.2, 0.25) is 5.15 Å². The van der Waals surface area contributed by atoms with E-state index in [1.54, 1.807) is 27.0 Å². The van der Waals surface area contributed by atoms with Gasteiger partial charge in [0.05, 0.1) is 12.6 Å². The molecule has 0 unspecified atom stereocenters. The first-order valence-electron chi connectivity index (χ1n) is 7.61. The fourth-order valence-electron chi connectivity index (χ4n) is 2.18. The van der Waals surface area contributed by atoms with Crippen LogP contribution in [0.15, 0.2) is 42.6 Å². The van der Waals surface area contributed by atoms with Gasteiger partial charge < -0.3 is 15.2 Å². The Morgan fingerprint density at radius 2 is 1.96 bits per heavy atom. The molecule has 0 fully saturated rings. The van der Waals surface area contributed by atoms with Crippen molar-refractivity contribution in [3.8, 4) is 11.1 Å². The smallest absolute Gasteiger partial charge is 0.408 e. The SMILES string of the molecule is CC(C)(C)OC(=O)N[C@@H](CO)c1ccc(-c2cccnc2Cl)cc1. The zero-order valence-corrected chi connectivity index (χ0v) is 14.7. The summed E-state index contributed by atoms with van der Waals surface area (Å²) < 4.78 is 5.21. The molecular formula is C18H21ClN2O3. The summed E-state index contributed by atoms with van der Waals surface area (Å²) in [6.07, 6.45) is 1.06. The minimum atomic E-state index is -0.592. The molecule has 1 amide bonds. The molecule has 0 spiro atoms. The van der Waals surface area contributed by atoms with E-state index < -0.39 is 17.7 Å². The van der Waals surface area contributed by atoms with Gasteiger partial charge in [0.15, 0.2) is 0 Å². The number of amides is 1. The van der Waals surface area contributed by atoms with Crippen LogP contribution in [0, 0.1) is 0 Å². The largest absolute Gasteiger partial charge is 0.444 e. The molecule has 6 heteroatoms. The van der Waals surface area contributed by atoms with Gasteiger partial charge in [-0.25, -0.2) is 9.78 Å². The Kier molecular flexibility index (Phi) is 5.80. The number of hydrogen-bond donors (Lipinski definition) is 2. The molecule has 2 aromatic rings. The van der Waals surface area contributed by atoms with Crippen LogP contribution in [-0.4, -0.2) is 28.4 Å². The van der Waals surface area contributed by atoms with Gasteiger partial charge in [-0.3, -0.25) is 0 Å². The Morgan fingerprint density at radius 1 is 1.29 bits per heavy atom. The topological polar surface area (TPSA) is 71.5 Å². The van der Waals surface area contributed by atoms with Crippen molar-refractivity contribution >= 4 is 17.7 Å². The van der Waals surface area contributed by atoms with Gasteiger partial charge >= 0.3 is 6.09 Å². The zero-order valence-electron chi connectivity index (χ0n) is 13.9. The summed E-state index contributed by atoms with van der Waals surface area (Å²) >= 11 is 6.09. The molecule has 2 rings (SSSR count). The van der Waals surface area contributed by atoms with Crippen molar-refractivity contribution < 1.29 is 14.6 Å². The van der Waals surface area contributed by atoms with E-state index in [0.29, 0.717) is 5.15 Å². The lowest BCUT2D eigenvalue weighted by Gasteiger charge is -2.23. The van der Waals surface area contributed by atoms with Crippen molar-refractivity contribution in [3.63, 3.8) is 0 Å². The molecule has 128 valence electrons. The number of carbonyl (C=O) groups is 1. The van der Waals surface area contributed by atoms with Gasteiger partial charge in [-0.05, 0) is 44.0 Å². The van der Waals surface area contributed by atoms with Gasteiger partial charge in [0.1, 0.15) is 10.8 Å². The Hall–Kier alpha value is -2.11.